The molecule has 0 saturated carbocycles. The predicted molar refractivity (Wildman–Crippen MR) is 101 cm³/mol. The number of carbonyl (C=O) groups is 1. The van der Waals surface area contributed by atoms with Gasteiger partial charge in [-0.3, -0.25) is 9.20 Å². The van der Waals surface area contributed by atoms with E-state index < -0.39 is 0 Å². The maximum Gasteiger partial charge on any atom is 0.350 e. The Kier molecular flexibility index (Phi) is 4.43. The van der Waals surface area contributed by atoms with Crippen LogP contribution in [-0.4, -0.2) is 29.9 Å². The molecule has 4 rings (SSSR count). The first-order valence-corrected chi connectivity index (χ1v) is 8.54. The molecule has 9 heteroatoms. The first-order chi connectivity index (χ1) is 13.7. The summed E-state index contributed by atoms with van der Waals surface area (Å²) in [5, 5.41) is 20.1. The van der Waals surface area contributed by atoms with E-state index in [1.54, 1.807) is 65.6 Å². The Morgan fingerprint density at radius 2 is 1.96 bits per heavy atom. The molecule has 0 fully saturated rings. The first kappa shape index (κ1) is 17.2. The maximum atomic E-state index is 12.3. The Morgan fingerprint density at radius 3 is 2.71 bits per heavy atom. The number of nitrogens with zero attached hydrogens (tertiary/aromatic N) is 6. The van der Waals surface area contributed by atoms with Gasteiger partial charge >= 0.3 is 5.69 Å². The highest BCUT2D eigenvalue weighted by atomic mass is 16.2. The molecule has 3 aromatic heterocycles. The number of nitrogens with one attached hydrogen (secondary N) is 1. The number of rotatable bonds is 5. The van der Waals surface area contributed by atoms with Crippen LogP contribution in [-0.2, 0) is 11.3 Å². The van der Waals surface area contributed by atoms with Crippen LogP contribution in [0.3, 0.4) is 0 Å². The summed E-state index contributed by atoms with van der Waals surface area (Å²) in [5.41, 5.74) is 1.51. The van der Waals surface area contributed by atoms with Crippen molar-refractivity contribution in [1.29, 1.82) is 5.26 Å². The van der Waals surface area contributed by atoms with Gasteiger partial charge in [0.1, 0.15) is 5.82 Å². The standard InChI is InChI=1S/C19H15N7O2/c20-13-14-4-6-15(7-5-14)26-16(8-10-21-26)22-18(27)9-12-25-19(28)24-11-2-1-3-17(24)23-25/h1-8,10-11H,9,12H2,(H,22,27). The summed E-state index contributed by atoms with van der Waals surface area (Å²) >= 11 is 0. The highest BCUT2D eigenvalue weighted by Gasteiger charge is 2.11. The maximum absolute atomic E-state index is 12.3. The topological polar surface area (TPSA) is 110 Å². The normalized spacial score (nSPS) is 10.7. The number of anilines is 1. The van der Waals surface area contributed by atoms with E-state index in [1.165, 1.54) is 9.08 Å². The number of amides is 1. The zero-order chi connectivity index (χ0) is 19.5. The van der Waals surface area contributed by atoms with Crippen LogP contribution < -0.4 is 11.0 Å². The van der Waals surface area contributed by atoms with Gasteiger partial charge in [0, 0.05) is 18.7 Å². The van der Waals surface area contributed by atoms with Gasteiger partial charge in [0.25, 0.3) is 0 Å². The van der Waals surface area contributed by atoms with Crippen LogP contribution in [0, 0.1) is 11.3 Å². The molecule has 0 aliphatic heterocycles. The minimum Gasteiger partial charge on any atom is -0.311 e. The van der Waals surface area contributed by atoms with Crippen molar-refractivity contribution < 1.29 is 4.79 Å². The van der Waals surface area contributed by atoms with E-state index in [4.69, 9.17) is 5.26 Å². The Labute approximate surface area is 159 Å². The third-order valence-corrected chi connectivity index (χ3v) is 4.19. The van der Waals surface area contributed by atoms with Crippen molar-refractivity contribution in [2.24, 2.45) is 0 Å². The number of nitriles is 1. The number of hydrogen-bond acceptors (Lipinski definition) is 5. The van der Waals surface area contributed by atoms with E-state index in [-0.39, 0.29) is 24.6 Å². The monoisotopic (exact) mass is 373 g/mol. The molecule has 0 saturated heterocycles. The van der Waals surface area contributed by atoms with E-state index in [9.17, 15) is 9.59 Å². The summed E-state index contributed by atoms with van der Waals surface area (Å²) in [7, 11) is 0. The summed E-state index contributed by atoms with van der Waals surface area (Å²) in [6, 6.07) is 15.9. The van der Waals surface area contributed by atoms with Crippen LogP contribution >= 0.6 is 0 Å². The van der Waals surface area contributed by atoms with Crippen molar-refractivity contribution >= 4 is 17.4 Å². The number of benzene rings is 1. The molecular weight excluding hydrogens is 358 g/mol. The van der Waals surface area contributed by atoms with E-state index in [2.05, 4.69) is 21.6 Å². The average molecular weight is 373 g/mol. The lowest BCUT2D eigenvalue weighted by atomic mass is 10.2. The second-order valence-corrected chi connectivity index (χ2v) is 6.02. The van der Waals surface area contributed by atoms with Gasteiger partial charge in [-0.2, -0.15) is 10.4 Å². The lowest BCUT2D eigenvalue weighted by Gasteiger charge is -2.09. The summed E-state index contributed by atoms with van der Waals surface area (Å²) in [4.78, 5) is 24.6. The second-order valence-electron chi connectivity index (χ2n) is 6.02. The average Bonchev–Trinajstić information content (AvgIpc) is 3.31. The molecule has 1 aromatic carbocycles. The summed E-state index contributed by atoms with van der Waals surface area (Å²) in [6.07, 6.45) is 3.29. The Hall–Kier alpha value is -4.19. The Balaban J connectivity index is 1.46. The number of carbonyl (C=O) groups excluding carboxylic acids is 1. The lowest BCUT2D eigenvalue weighted by molar-refractivity contribution is -0.116. The van der Waals surface area contributed by atoms with Crippen molar-refractivity contribution in [2.45, 2.75) is 13.0 Å². The zero-order valence-electron chi connectivity index (χ0n) is 14.7. The fraction of sp³-hybridized carbons (Fsp3) is 0.105. The molecule has 4 aromatic rings. The molecule has 0 spiro atoms. The van der Waals surface area contributed by atoms with E-state index in [0.717, 1.165) is 5.69 Å². The number of hydrogen-bond donors (Lipinski definition) is 1. The predicted octanol–water partition coefficient (Wildman–Crippen LogP) is 1.58. The van der Waals surface area contributed by atoms with Gasteiger partial charge in [0.2, 0.25) is 5.91 Å². The summed E-state index contributed by atoms with van der Waals surface area (Å²) in [6.45, 7) is 0.164. The zero-order valence-corrected chi connectivity index (χ0v) is 14.7. The molecule has 138 valence electrons. The molecule has 0 atom stereocenters. The fourth-order valence-corrected chi connectivity index (χ4v) is 2.81. The van der Waals surface area contributed by atoms with Gasteiger partial charge in [-0.05, 0) is 36.4 Å². The van der Waals surface area contributed by atoms with Gasteiger partial charge in [0.05, 0.1) is 30.1 Å². The number of fused-ring (bicyclic) bond motifs is 1. The largest absolute Gasteiger partial charge is 0.350 e. The first-order valence-electron chi connectivity index (χ1n) is 8.54. The Bertz CT molecular complexity index is 1240. The number of aromatic nitrogens is 5. The van der Waals surface area contributed by atoms with Gasteiger partial charge < -0.3 is 5.32 Å². The number of pyridine rings is 1. The smallest absolute Gasteiger partial charge is 0.311 e. The SMILES string of the molecule is N#Cc1ccc(-n2nccc2NC(=O)CCn2nc3ccccn3c2=O)cc1. The molecule has 0 bridgehead atoms. The van der Waals surface area contributed by atoms with Crippen LogP contribution in [0.2, 0.25) is 0 Å². The minimum atomic E-state index is -0.286. The van der Waals surface area contributed by atoms with Crippen molar-refractivity contribution in [2.75, 3.05) is 5.32 Å². The molecule has 9 nitrogen and oxygen atoms in total. The van der Waals surface area contributed by atoms with E-state index in [1.807, 2.05) is 0 Å². The van der Waals surface area contributed by atoms with Crippen LogP contribution in [0.15, 0.2) is 65.7 Å². The lowest BCUT2D eigenvalue weighted by Crippen LogP contribution is -2.24. The van der Waals surface area contributed by atoms with Crippen LogP contribution in [0.4, 0.5) is 5.82 Å². The van der Waals surface area contributed by atoms with Crippen LogP contribution in [0.25, 0.3) is 11.3 Å². The molecule has 3 heterocycles. The minimum absolute atomic E-state index is 0.0857. The van der Waals surface area contributed by atoms with Crippen molar-refractivity contribution in [3.8, 4) is 11.8 Å². The highest BCUT2D eigenvalue weighted by Crippen LogP contribution is 2.15. The molecule has 0 aliphatic carbocycles. The molecule has 1 N–H and O–H groups in total. The summed E-state index contributed by atoms with van der Waals surface area (Å²) < 4.78 is 4.26. The van der Waals surface area contributed by atoms with Gasteiger partial charge in [0.15, 0.2) is 5.65 Å². The molecule has 1 amide bonds. The fourth-order valence-electron chi connectivity index (χ4n) is 2.81. The second kappa shape index (κ2) is 7.20. The molecule has 0 unspecified atom stereocenters. The molecular formula is C19H15N7O2. The molecule has 0 aliphatic rings. The van der Waals surface area contributed by atoms with Crippen molar-refractivity contribution in [1.82, 2.24) is 24.0 Å². The quantitative estimate of drug-likeness (QED) is 0.571. The molecule has 0 radical (unpaired) electrons. The Morgan fingerprint density at radius 1 is 1.14 bits per heavy atom. The van der Waals surface area contributed by atoms with E-state index in [0.29, 0.717) is 17.0 Å². The number of aryl methyl sites for hydroxylation is 1. The van der Waals surface area contributed by atoms with Crippen LogP contribution in [0.5, 0.6) is 0 Å². The van der Waals surface area contributed by atoms with Crippen LogP contribution in [0.1, 0.15) is 12.0 Å². The van der Waals surface area contributed by atoms with Crippen molar-refractivity contribution in [3.05, 3.63) is 77.0 Å². The third kappa shape index (κ3) is 3.26. The van der Waals surface area contributed by atoms with Gasteiger partial charge in [-0.15, -0.1) is 5.10 Å². The highest BCUT2D eigenvalue weighted by molar-refractivity contribution is 5.90. The van der Waals surface area contributed by atoms with Crippen molar-refractivity contribution in [3.63, 3.8) is 0 Å². The summed E-state index contributed by atoms with van der Waals surface area (Å²) in [5.74, 6) is 0.233. The third-order valence-electron chi connectivity index (χ3n) is 4.19. The van der Waals surface area contributed by atoms with Gasteiger partial charge in [-0.25, -0.2) is 14.2 Å². The van der Waals surface area contributed by atoms with Gasteiger partial charge in [-0.1, -0.05) is 6.07 Å². The van der Waals surface area contributed by atoms with E-state index >= 15 is 0 Å². The molecule has 28 heavy (non-hydrogen) atoms.